The van der Waals surface area contributed by atoms with Crippen molar-refractivity contribution in [1.29, 1.82) is 5.26 Å². The number of anilines is 1. The molecule has 7 heteroatoms. The van der Waals surface area contributed by atoms with E-state index in [0.29, 0.717) is 21.8 Å². The lowest BCUT2D eigenvalue weighted by atomic mass is 10.2. The molecule has 0 fully saturated rings. The van der Waals surface area contributed by atoms with Crippen LogP contribution in [0.1, 0.15) is 16.2 Å². The number of fused-ring (bicyclic) bond motifs is 1. The van der Waals surface area contributed by atoms with Crippen molar-refractivity contribution in [2.45, 2.75) is 0 Å². The van der Waals surface area contributed by atoms with Crippen LogP contribution in [0, 0.1) is 11.3 Å². The van der Waals surface area contributed by atoms with Crippen molar-refractivity contribution >= 4 is 39.9 Å². The Morgan fingerprint density at radius 3 is 2.92 bits per heavy atom. The number of rotatable bonds is 4. The van der Waals surface area contributed by atoms with Crippen molar-refractivity contribution in [2.75, 3.05) is 5.32 Å². The summed E-state index contributed by atoms with van der Waals surface area (Å²) in [6.45, 7) is 0. The molecule has 0 aliphatic carbocycles. The number of nitriles is 1. The molecule has 0 unspecified atom stereocenters. The van der Waals surface area contributed by atoms with E-state index in [2.05, 4.69) is 10.3 Å². The molecule has 1 aromatic heterocycles. The number of nitrogens with one attached hydrogen (secondary N) is 1. The molecule has 3 aromatic rings. The molecule has 0 amide bonds. The number of hydrogen-bond donors (Lipinski definition) is 2. The van der Waals surface area contributed by atoms with Crippen LogP contribution in [0.25, 0.3) is 16.7 Å². The standard InChI is InChI=1S/C17H10ClN3O3/c18-12-4-5-15-14(7-12)21-16(24-15)11(8-19)9-20-13-3-1-2-10(6-13)17(22)23/h1-7,9,20H,(H,22,23)/b11-9-. The van der Waals surface area contributed by atoms with Crippen LogP contribution in [0.15, 0.2) is 53.1 Å². The van der Waals surface area contributed by atoms with Gasteiger partial charge in [0.05, 0.1) is 5.56 Å². The minimum absolute atomic E-state index is 0.142. The summed E-state index contributed by atoms with van der Waals surface area (Å²) in [5.41, 5.74) is 1.91. The third-order valence-corrected chi connectivity index (χ3v) is 3.43. The fraction of sp³-hybridized carbons (Fsp3) is 0. The molecule has 24 heavy (non-hydrogen) atoms. The first-order valence-electron chi connectivity index (χ1n) is 6.83. The quantitative estimate of drug-likeness (QED) is 0.692. The first-order valence-corrected chi connectivity index (χ1v) is 7.21. The molecule has 0 saturated carbocycles. The van der Waals surface area contributed by atoms with E-state index >= 15 is 0 Å². The van der Waals surface area contributed by atoms with Gasteiger partial charge in [0.1, 0.15) is 17.2 Å². The zero-order chi connectivity index (χ0) is 17.1. The van der Waals surface area contributed by atoms with Gasteiger partial charge in [-0.15, -0.1) is 0 Å². The van der Waals surface area contributed by atoms with Crippen LogP contribution < -0.4 is 5.32 Å². The number of carbonyl (C=O) groups is 1. The topological polar surface area (TPSA) is 99.2 Å². The molecule has 1 heterocycles. The number of aromatic nitrogens is 1. The SMILES string of the molecule is N#C/C(=C/Nc1cccc(C(=O)O)c1)c1nc2cc(Cl)ccc2o1. The van der Waals surface area contributed by atoms with Gasteiger partial charge in [-0.2, -0.15) is 5.26 Å². The van der Waals surface area contributed by atoms with Crippen molar-refractivity contribution in [3.8, 4) is 6.07 Å². The number of allylic oxidation sites excluding steroid dienone is 1. The number of aromatic carboxylic acids is 1. The largest absolute Gasteiger partial charge is 0.478 e. The van der Waals surface area contributed by atoms with Crippen molar-refractivity contribution < 1.29 is 14.3 Å². The Balaban J connectivity index is 1.90. The predicted octanol–water partition coefficient (Wildman–Crippen LogP) is 4.16. The zero-order valence-corrected chi connectivity index (χ0v) is 12.9. The Bertz CT molecular complexity index is 1000. The first kappa shape index (κ1) is 15.6. The van der Waals surface area contributed by atoms with Gasteiger partial charge in [0.2, 0.25) is 5.89 Å². The maximum atomic E-state index is 11.0. The number of carboxylic acids is 1. The van der Waals surface area contributed by atoms with E-state index in [4.69, 9.17) is 21.1 Å². The minimum atomic E-state index is -1.03. The van der Waals surface area contributed by atoms with E-state index in [-0.39, 0.29) is 17.0 Å². The molecular weight excluding hydrogens is 330 g/mol. The number of halogens is 1. The molecule has 6 nitrogen and oxygen atoms in total. The van der Waals surface area contributed by atoms with Gasteiger partial charge >= 0.3 is 5.97 Å². The number of oxazole rings is 1. The zero-order valence-electron chi connectivity index (χ0n) is 12.2. The molecule has 2 N–H and O–H groups in total. The van der Waals surface area contributed by atoms with Crippen LogP contribution in [-0.2, 0) is 0 Å². The summed E-state index contributed by atoms with van der Waals surface area (Å²) < 4.78 is 5.53. The van der Waals surface area contributed by atoms with Gasteiger partial charge in [0.25, 0.3) is 0 Å². The van der Waals surface area contributed by atoms with Crippen molar-refractivity contribution in [1.82, 2.24) is 4.98 Å². The molecule has 0 saturated heterocycles. The van der Waals surface area contributed by atoms with E-state index in [1.165, 1.54) is 18.3 Å². The third kappa shape index (κ3) is 3.21. The summed E-state index contributed by atoms with van der Waals surface area (Å²) in [7, 11) is 0. The van der Waals surface area contributed by atoms with Gasteiger partial charge in [0.15, 0.2) is 5.58 Å². The maximum absolute atomic E-state index is 11.0. The molecule has 0 aliphatic rings. The van der Waals surface area contributed by atoms with Gasteiger partial charge in [0, 0.05) is 16.9 Å². The average Bonchev–Trinajstić information content (AvgIpc) is 2.98. The van der Waals surface area contributed by atoms with Gasteiger partial charge in [-0.05, 0) is 36.4 Å². The number of carboxylic acid groups (broad SMARTS) is 1. The summed E-state index contributed by atoms with van der Waals surface area (Å²) in [5.74, 6) is -0.879. The maximum Gasteiger partial charge on any atom is 0.335 e. The van der Waals surface area contributed by atoms with Crippen LogP contribution in [0.2, 0.25) is 5.02 Å². The number of nitrogens with zero attached hydrogens (tertiary/aromatic N) is 2. The van der Waals surface area contributed by atoms with Crippen LogP contribution >= 0.6 is 11.6 Å². The average molecular weight is 340 g/mol. The Kier molecular flexibility index (Phi) is 4.18. The lowest BCUT2D eigenvalue weighted by Gasteiger charge is -2.02. The molecule has 0 spiro atoms. The molecule has 3 rings (SSSR count). The molecule has 0 atom stereocenters. The second-order valence-corrected chi connectivity index (χ2v) is 5.27. The Hall–Kier alpha value is -3.30. The van der Waals surface area contributed by atoms with Gasteiger partial charge in [-0.25, -0.2) is 9.78 Å². The summed E-state index contributed by atoms with van der Waals surface area (Å²) in [5, 5.41) is 21.7. The summed E-state index contributed by atoms with van der Waals surface area (Å²) in [4.78, 5) is 15.2. The van der Waals surface area contributed by atoms with Crippen molar-refractivity contribution in [3.63, 3.8) is 0 Å². The van der Waals surface area contributed by atoms with E-state index < -0.39 is 5.97 Å². The van der Waals surface area contributed by atoms with E-state index in [9.17, 15) is 10.1 Å². The van der Waals surface area contributed by atoms with Gasteiger partial charge < -0.3 is 14.8 Å². The lowest BCUT2D eigenvalue weighted by molar-refractivity contribution is 0.0697. The fourth-order valence-corrected chi connectivity index (χ4v) is 2.22. The second kappa shape index (κ2) is 6.44. The van der Waals surface area contributed by atoms with Crippen LogP contribution in [0.4, 0.5) is 5.69 Å². The van der Waals surface area contributed by atoms with E-state index in [1.54, 1.807) is 30.3 Å². The predicted molar refractivity (Wildman–Crippen MR) is 89.6 cm³/mol. The smallest absolute Gasteiger partial charge is 0.335 e. The number of hydrogen-bond acceptors (Lipinski definition) is 5. The van der Waals surface area contributed by atoms with E-state index in [1.807, 2.05) is 6.07 Å². The Labute approximate surface area is 141 Å². The summed E-state index contributed by atoms with van der Waals surface area (Å²) in [6, 6.07) is 13.2. The third-order valence-electron chi connectivity index (χ3n) is 3.19. The highest BCUT2D eigenvalue weighted by Crippen LogP contribution is 2.23. The minimum Gasteiger partial charge on any atom is -0.478 e. The highest BCUT2D eigenvalue weighted by Gasteiger charge is 2.11. The monoisotopic (exact) mass is 339 g/mol. The van der Waals surface area contributed by atoms with Crippen molar-refractivity contribution in [3.05, 3.63) is 65.1 Å². The number of benzene rings is 2. The summed E-state index contributed by atoms with van der Waals surface area (Å²) >= 11 is 5.90. The first-order chi connectivity index (χ1) is 11.6. The van der Waals surface area contributed by atoms with Crippen LogP contribution in [-0.4, -0.2) is 16.1 Å². The van der Waals surface area contributed by atoms with Gasteiger partial charge in [-0.3, -0.25) is 0 Å². The molecule has 0 bridgehead atoms. The Morgan fingerprint density at radius 2 is 2.17 bits per heavy atom. The molecular formula is C17H10ClN3O3. The summed E-state index contributed by atoms with van der Waals surface area (Å²) in [6.07, 6.45) is 1.41. The second-order valence-electron chi connectivity index (χ2n) is 4.83. The van der Waals surface area contributed by atoms with Gasteiger partial charge in [-0.1, -0.05) is 17.7 Å². The fourth-order valence-electron chi connectivity index (χ4n) is 2.06. The van der Waals surface area contributed by atoms with Crippen LogP contribution in [0.3, 0.4) is 0 Å². The lowest BCUT2D eigenvalue weighted by Crippen LogP contribution is -1.97. The molecule has 2 aromatic carbocycles. The Morgan fingerprint density at radius 1 is 1.33 bits per heavy atom. The molecule has 118 valence electrons. The normalized spacial score (nSPS) is 11.2. The van der Waals surface area contributed by atoms with Crippen molar-refractivity contribution in [2.24, 2.45) is 0 Å². The highest BCUT2D eigenvalue weighted by atomic mass is 35.5. The highest BCUT2D eigenvalue weighted by molar-refractivity contribution is 6.31. The van der Waals surface area contributed by atoms with Crippen LogP contribution in [0.5, 0.6) is 0 Å². The molecule has 0 radical (unpaired) electrons. The molecule has 0 aliphatic heterocycles. The van der Waals surface area contributed by atoms with E-state index in [0.717, 1.165) is 0 Å².